The molecule has 1 amide bonds. The molecule has 2 heterocycles. The van der Waals surface area contributed by atoms with E-state index < -0.39 is 17.9 Å². The van der Waals surface area contributed by atoms with Gasteiger partial charge in [-0.3, -0.25) is 4.79 Å². The summed E-state index contributed by atoms with van der Waals surface area (Å²) in [7, 11) is 0. The fraction of sp³-hybridized carbons (Fsp3) is 0.353. The summed E-state index contributed by atoms with van der Waals surface area (Å²) in [5.41, 5.74) is 0.694. The van der Waals surface area contributed by atoms with Crippen molar-refractivity contribution in [2.45, 2.75) is 38.8 Å². The highest BCUT2D eigenvalue weighted by Crippen LogP contribution is 2.23. The van der Waals surface area contributed by atoms with Gasteiger partial charge in [-0.15, -0.1) is 0 Å². The zero-order chi connectivity index (χ0) is 18.0. The largest absolute Gasteiger partial charge is 0.479 e. The first-order valence-corrected chi connectivity index (χ1v) is 8.00. The molecule has 7 nitrogen and oxygen atoms in total. The molecule has 1 aromatic carbocycles. The molecule has 0 fully saturated rings. The van der Waals surface area contributed by atoms with Crippen molar-refractivity contribution >= 4 is 17.6 Å². The van der Waals surface area contributed by atoms with E-state index in [0.29, 0.717) is 5.69 Å². The van der Waals surface area contributed by atoms with Gasteiger partial charge in [0.1, 0.15) is 11.5 Å². The minimum absolute atomic E-state index is 0.186. The predicted molar refractivity (Wildman–Crippen MR) is 87.2 cm³/mol. The fourth-order valence-corrected chi connectivity index (χ4v) is 2.71. The number of carbonyl (C=O) groups excluding carboxylic acids is 1. The van der Waals surface area contributed by atoms with Gasteiger partial charge in [-0.25, -0.2) is 14.2 Å². The Balaban J connectivity index is 1.73. The molecule has 0 aliphatic carbocycles. The summed E-state index contributed by atoms with van der Waals surface area (Å²) in [5.74, 6) is -1.61. The third-order valence-electron chi connectivity index (χ3n) is 4.04. The van der Waals surface area contributed by atoms with Crippen LogP contribution < -0.4 is 10.1 Å². The van der Waals surface area contributed by atoms with Crippen LogP contribution in [0, 0.1) is 5.82 Å². The van der Waals surface area contributed by atoms with Gasteiger partial charge in [-0.1, -0.05) is 0 Å². The lowest BCUT2D eigenvalue weighted by molar-refractivity contribution is -0.144. The average molecular weight is 347 g/mol. The molecular weight excluding hydrogens is 329 g/mol. The Bertz CT molecular complexity index is 818. The molecule has 2 aromatic rings. The van der Waals surface area contributed by atoms with Crippen LogP contribution in [0.15, 0.2) is 24.4 Å². The molecule has 0 radical (unpaired) electrons. The summed E-state index contributed by atoms with van der Waals surface area (Å²) in [5, 5.41) is 11.4. The number of amides is 1. The second kappa shape index (κ2) is 6.92. The van der Waals surface area contributed by atoms with Gasteiger partial charge in [0, 0.05) is 24.7 Å². The molecule has 1 aliphatic heterocycles. The van der Waals surface area contributed by atoms with Crippen molar-refractivity contribution in [3.8, 4) is 5.75 Å². The van der Waals surface area contributed by atoms with E-state index in [1.165, 1.54) is 25.3 Å². The number of carboxylic acids is 1. The first-order chi connectivity index (χ1) is 12.0. The minimum atomic E-state index is -1.19. The molecular formula is C17H18FN3O4. The van der Waals surface area contributed by atoms with E-state index >= 15 is 0 Å². The molecule has 132 valence electrons. The number of imidazole rings is 1. The fourth-order valence-electron chi connectivity index (χ4n) is 2.71. The number of anilines is 1. The topological polar surface area (TPSA) is 93.5 Å². The molecule has 0 saturated heterocycles. The average Bonchev–Trinajstić information content (AvgIpc) is 3.01. The number of halogens is 1. The number of carboxylic acid groups (broad SMARTS) is 1. The van der Waals surface area contributed by atoms with E-state index in [1.54, 1.807) is 0 Å². The maximum absolute atomic E-state index is 14.1. The molecule has 3 rings (SSSR count). The van der Waals surface area contributed by atoms with Crippen molar-refractivity contribution in [1.29, 1.82) is 0 Å². The van der Waals surface area contributed by atoms with E-state index in [4.69, 9.17) is 9.84 Å². The van der Waals surface area contributed by atoms with Gasteiger partial charge in [0.25, 0.3) is 5.91 Å². The lowest BCUT2D eigenvalue weighted by atomic mass is 10.1. The van der Waals surface area contributed by atoms with E-state index in [2.05, 4.69) is 10.3 Å². The summed E-state index contributed by atoms with van der Waals surface area (Å²) in [6.45, 7) is 2.05. The molecule has 8 heteroatoms. The van der Waals surface area contributed by atoms with E-state index in [9.17, 15) is 14.0 Å². The number of aryl methyl sites for hydroxylation is 1. The third-order valence-corrected chi connectivity index (χ3v) is 4.04. The Labute approximate surface area is 143 Å². The van der Waals surface area contributed by atoms with Crippen LogP contribution in [0.25, 0.3) is 0 Å². The zero-order valence-corrected chi connectivity index (χ0v) is 13.7. The highest BCUT2D eigenvalue weighted by molar-refractivity contribution is 6.03. The van der Waals surface area contributed by atoms with Crippen molar-refractivity contribution < 1.29 is 23.8 Å². The minimum Gasteiger partial charge on any atom is -0.479 e. The van der Waals surface area contributed by atoms with Crippen LogP contribution in [-0.2, 0) is 17.8 Å². The molecule has 1 unspecified atom stereocenters. The Kier molecular flexibility index (Phi) is 4.69. The number of nitrogens with one attached hydrogen (secondary N) is 1. The third kappa shape index (κ3) is 3.62. The number of aromatic nitrogens is 2. The maximum Gasteiger partial charge on any atom is 0.344 e. The summed E-state index contributed by atoms with van der Waals surface area (Å²) < 4.78 is 20.9. The van der Waals surface area contributed by atoms with Crippen LogP contribution in [0.1, 0.15) is 36.1 Å². The van der Waals surface area contributed by atoms with Gasteiger partial charge < -0.3 is 19.7 Å². The van der Waals surface area contributed by atoms with Crippen LogP contribution in [-0.4, -0.2) is 32.6 Å². The van der Waals surface area contributed by atoms with Gasteiger partial charge in [0.2, 0.25) is 0 Å². The van der Waals surface area contributed by atoms with Crippen LogP contribution in [0.4, 0.5) is 10.1 Å². The second-order valence-electron chi connectivity index (χ2n) is 5.87. The Hall–Kier alpha value is -2.90. The number of ether oxygens (including phenoxy) is 1. The smallest absolute Gasteiger partial charge is 0.344 e. The van der Waals surface area contributed by atoms with Crippen LogP contribution in [0.3, 0.4) is 0 Å². The van der Waals surface area contributed by atoms with Crippen molar-refractivity contribution in [3.63, 3.8) is 0 Å². The number of fused-ring (bicyclic) bond motifs is 1. The molecule has 25 heavy (non-hydrogen) atoms. The normalized spacial score (nSPS) is 14.5. The monoisotopic (exact) mass is 347 g/mol. The summed E-state index contributed by atoms with van der Waals surface area (Å²) in [6.07, 6.45) is 3.24. The lowest BCUT2D eigenvalue weighted by Crippen LogP contribution is -2.23. The lowest BCUT2D eigenvalue weighted by Gasteiger charge is -2.16. The number of aliphatic carboxylic acids is 1. The second-order valence-corrected chi connectivity index (χ2v) is 5.87. The number of nitrogens with zero attached hydrogens (tertiary/aromatic N) is 2. The van der Waals surface area contributed by atoms with Gasteiger partial charge in [-0.05, 0) is 31.9 Å². The van der Waals surface area contributed by atoms with Crippen molar-refractivity contribution in [3.05, 3.63) is 41.7 Å². The van der Waals surface area contributed by atoms with Crippen molar-refractivity contribution in [2.24, 2.45) is 0 Å². The number of carbonyl (C=O) groups is 2. The Morgan fingerprint density at radius 1 is 1.40 bits per heavy atom. The quantitative estimate of drug-likeness (QED) is 0.867. The number of hydrogen-bond acceptors (Lipinski definition) is 4. The van der Waals surface area contributed by atoms with E-state index in [1.807, 2.05) is 4.57 Å². The summed E-state index contributed by atoms with van der Waals surface area (Å²) >= 11 is 0. The first kappa shape index (κ1) is 16.9. The SMILES string of the molecule is CC(Oc1ccc(NC(=O)c2cnc3n2CCCC3)cc1F)C(=O)O. The molecule has 0 bridgehead atoms. The van der Waals surface area contributed by atoms with Gasteiger partial charge >= 0.3 is 5.97 Å². The number of benzene rings is 1. The summed E-state index contributed by atoms with van der Waals surface area (Å²) in [4.78, 5) is 27.4. The Morgan fingerprint density at radius 2 is 2.20 bits per heavy atom. The zero-order valence-electron chi connectivity index (χ0n) is 13.7. The molecule has 1 atom stereocenters. The molecule has 0 saturated carbocycles. The van der Waals surface area contributed by atoms with Crippen LogP contribution in [0.2, 0.25) is 0 Å². The highest BCUT2D eigenvalue weighted by Gasteiger charge is 2.20. The Morgan fingerprint density at radius 3 is 2.92 bits per heavy atom. The molecule has 0 spiro atoms. The summed E-state index contributed by atoms with van der Waals surface area (Å²) in [6, 6.07) is 3.84. The highest BCUT2D eigenvalue weighted by atomic mass is 19.1. The predicted octanol–water partition coefficient (Wildman–Crippen LogP) is 2.46. The maximum atomic E-state index is 14.1. The van der Waals surface area contributed by atoms with E-state index in [-0.39, 0.29) is 17.3 Å². The van der Waals surface area contributed by atoms with Crippen molar-refractivity contribution in [1.82, 2.24) is 9.55 Å². The van der Waals surface area contributed by atoms with E-state index in [0.717, 1.165) is 37.7 Å². The molecule has 1 aromatic heterocycles. The van der Waals surface area contributed by atoms with Gasteiger partial charge in [0.15, 0.2) is 17.7 Å². The van der Waals surface area contributed by atoms with Gasteiger partial charge in [0.05, 0.1) is 6.20 Å². The van der Waals surface area contributed by atoms with Crippen LogP contribution >= 0.6 is 0 Å². The van der Waals surface area contributed by atoms with Crippen molar-refractivity contribution in [2.75, 3.05) is 5.32 Å². The standard InChI is InChI=1S/C17H18FN3O4/c1-10(17(23)24)25-14-6-5-11(8-12(14)18)20-16(22)13-9-19-15-4-2-3-7-21(13)15/h5-6,8-10H,2-4,7H2,1H3,(H,20,22)(H,23,24). The van der Waals surface area contributed by atoms with Crippen LogP contribution in [0.5, 0.6) is 5.75 Å². The molecule has 2 N–H and O–H groups in total. The molecule has 1 aliphatic rings. The number of hydrogen-bond donors (Lipinski definition) is 2. The van der Waals surface area contributed by atoms with Gasteiger partial charge in [-0.2, -0.15) is 0 Å². The number of rotatable bonds is 5. The first-order valence-electron chi connectivity index (χ1n) is 8.00.